The first-order chi connectivity index (χ1) is 10.0. The van der Waals surface area contributed by atoms with Crippen LogP contribution in [0.1, 0.15) is 33.6 Å². The molecule has 1 heterocycles. The predicted molar refractivity (Wildman–Crippen MR) is 80.1 cm³/mol. The molecule has 1 N–H and O–H groups in total. The molecule has 7 nitrogen and oxygen atoms in total. The molecule has 1 saturated heterocycles. The van der Waals surface area contributed by atoms with Crippen molar-refractivity contribution in [3.8, 4) is 0 Å². The normalized spacial score (nSPS) is 20.4. The van der Waals surface area contributed by atoms with E-state index in [0.717, 1.165) is 0 Å². The Kier molecular flexibility index (Phi) is 5.57. The van der Waals surface area contributed by atoms with Crippen molar-refractivity contribution < 1.29 is 24.2 Å². The third-order valence-corrected chi connectivity index (χ3v) is 3.21. The summed E-state index contributed by atoms with van der Waals surface area (Å²) in [5.41, 5.74) is 0.291. The van der Waals surface area contributed by atoms with Crippen molar-refractivity contribution in [2.45, 2.75) is 39.7 Å². The summed E-state index contributed by atoms with van der Waals surface area (Å²) in [4.78, 5) is 37.6. The summed E-state index contributed by atoms with van der Waals surface area (Å²) in [5.74, 6) is -1.35. The van der Waals surface area contributed by atoms with E-state index in [4.69, 9.17) is 9.84 Å². The molecule has 124 valence electrons. The van der Waals surface area contributed by atoms with Gasteiger partial charge in [0, 0.05) is 32.3 Å². The molecule has 1 rings (SSSR count). The highest BCUT2D eigenvalue weighted by atomic mass is 16.5. The number of amides is 2. The van der Waals surface area contributed by atoms with Crippen LogP contribution in [-0.2, 0) is 14.3 Å². The molecule has 22 heavy (non-hydrogen) atoms. The van der Waals surface area contributed by atoms with Gasteiger partial charge in [-0.25, -0.2) is 14.5 Å². The van der Waals surface area contributed by atoms with Crippen LogP contribution in [0.25, 0.3) is 0 Å². The average molecular weight is 312 g/mol. The van der Waals surface area contributed by atoms with E-state index in [-0.39, 0.29) is 24.0 Å². The van der Waals surface area contributed by atoms with E-state index in [1.54, 1.807) is 19.0 Å². The number of rotatable bonds is 4. The highest BCUT2D eigenvalue weighted by molar-refractivity contribution is 6.08. The van der Waals surface area contributed by atoms with Crippen molar-refractivity contribution in [2.24, 2.45) is 5.41 Å². The summed E-state index contributed by atoms with van der Waals surface area (Å²) < 4.78 is 5.15. The van der Waals surface area contributed by atoms with Gasteiger partial charge < -0.3 is 14.7 Å². The van der Waals surface area contributed by atoms with Gasteiger partial charge in [0.1, 0.15) is 6.04 Å². The van der Waals surface area contributed by atoms with Crippen LogP contribution in [0.15, 0.2) is 11.8 Å². The lowest BCUT2D eigenvalue weighted by atomic mass is 9.93. The standard InChI is InChI=1S/C15H24N2O5/c1-15(2,3)6-7-22-13(19)11-8-10(9-16(4)5)12(18)17(11)14(20)21/h9,11H,6-8H2,1-5H3,(H,20,21)/b10-9+/t11-/m1/s1. The number of carbonyl (C=O) groups is 3. The zero-order valence-corrected chi connectivity index (χ0v) is 13.8. The van der Waals surface area contributed by atoms with E-state index < -0.39 is 24.0 Å². The quantitative estimate of drug-likeness (QED) is 0.628. The first-order valence-electron chi connectivity index (χ1n) is 7.13. The van der Waals surface area contributed by atoms with Crippen molar-refractivity contribution in [1.82, 2.24) is 9.80 Å². The molecule has 1 aliphatic rings. The summed E-state index contributed by atoms with van der Waals surface area (Å²) in [6.07, 6.45) is 0.788. The molecule has 7 heteroatoms. The van der Waals surface area contributed by atoms with Gasteiger partial charge in [0.05, 0.1) is 6.61 Å². The number of nitrogens with zero attached hydrogens (tertiary/aromatic N) is 2. The van der Waals surface area contributed by atoms with Crippen molar-refractivity contribution in [3.63, 3.8) is 0 Å². The maximum Gasteiger partial charge on any atom is 0.415 e. The van der Waals surface area contributed by atoms with Crippen LogP contribution in [0.4, 0.5) is 4.79 Å². The summed E-state index contributed by atoms with van der Waals surface area (Å²) >= 11 is 0. The molecule has 0 saturated carbocycles. The Hall–Kier alpha value is -2.05. The van der Waals surface area contributed by atoms with Gasteiger partial charge in [0.2, 0.25) is 0 Å². The Morgan fingerprint density at radius 3 is 2.45 bits per heavy atom. The molecular weight excluding hydrogens is 288 g/mol. The van der Waals surface area contributed by atoms with Crippen LogP contribution in [0.5, 0.6) is 0 Å². The lowest BCUT2D eigenvalue weighted by molar-refractivity contribution is -0.151. The predicted octanol–water partition coefficient (Wildman–Crippen LogP) is 1.69. The van der Waals surface area contributed by atoms with Crippen molar-refractivity contribution in [3.05, 3.63) is 11.8 Å². The zero-order chi connectivity index (χ0) is 17.1. The second kappa shape index (κ2) is 6.81. The topological polar surface area (TPSA) is 87.2 Å². The van der Waals surface area contributed by atoms with Crippen molar-refractivity contribution in [2.75, 3.05) is 20.7 Å². The fraction of sp³-hybridized carbons (Fsp3) is 0.667. The smallest absolute Gasteiger partial charge is 0.415 e. The third-order valence-electron chi connectivity index (χ3n) is 3.21. The van der Waals surface area contributed by atoms with Crippen LogP contribution in [-0.4, -0.2) is 59.6 Å². The molecule has 1 atom stereocenters. The third kappa shape index (κ3) is 4.75. The number of ether oxygens (including phenoxy) is 1. The molecule has 0 spiro atoms. The van der Waals surface area contributed by atoms with Crippen molar-refractivity contribution >= 4 is 18.0 Å². The minimum atomic E-state index is -1.44. The van der Waals surface area contributed by atoms with E-state index in [1.807, 2.05) is 20.8 Å². The van der Waals surface area contributed by atoms with Crippen LogP contribution in [0, 0.1) is 5.41 Å². The van der Waals surface area contributed by atoms with Crippen LogP contribution in [0.3, 0.4) is 0 Å². The first-order valence-corrected chi connectivity index (χ1v) is 7.13. The number of imide groups is 1. The highest BCUT2D eigenvalue weighted by Gasteiger charge is 2.44. The van der Waals surface area contributed by atoms with E-state index in [0.29, 0.717) is 11.3 Å². The minimum absolute atomic E-state index is 0.00818. The van der Waals surface area contributed by atoms with Gasteiger partial charge in [-0.15, -0.1) is 0 Å². The Balaban J connectivity index is 2.81. The highest BCUT2D eigenvalue weighted by Crippen LogP contribution is 2.26. The maximum absolute atomic E-state index is 12.1. The average Bonchev–Trinajstić information content (AvgIpc) is 2.64. The van der Waals surface area contributed by atoms with E-state index >= 15 is 0 Å². The van der Waals surface area contributed by atoms with E-state index in [1.165, 1.54) is 6.20 Å². The molecule has 0 aromatic rings. The van der Waals surface area contributed by atoms with Crippen LogP contribution in [0.2, 0.25) is 0 Å². The zero-order valence-electron chi connectivity index (χ0n) is 13.8. The second-order valence-electron chi connectivity index (χ2n) is 6.77. The molecule has 0 aromatic carbocycles. The lowest BCUT2D eigenvalue weighted by Crippen LogP contribution is -2.43. The van der Waals surface area contributed by atoms with E-state index in [2.05, 4.69) is 0 Å². The number of carbonyl (C=O) groups excluding carboxylic acids is 2. The molecule has 1 fully saturated rings. The van der Waals surface area contributed by atoms with E-state index in [9.17, 15) is 14.4 Å². The lowest BCUT2D eigenvalue weighted by Gasteiger charge is -2.20. The van der Waals surface area contributed by atoms with Gasteiger partial charge in [-0.3, -0.25) is 4.79 Å². The molecule has 0 radical (unpaired) electrons. The molecule has 0 aliphatic carbocycles. The van der Waals surface area contributed by atoms with Crippen molar-refractivity contribution in [1.29, 1.82) is 0 Å². The Bertz CT molecular complexity index is 491. The molecule has 0 unspecified atom stereocenters. The Morgan fingerprint density at radius 2 is 2.00 bits per heavy atom. The fourth-order valence-corrected chi connectivity index (χ4v) is 2.07. The number of hydrogen-bond acceptors (Lipinski definition) is 5. The Morgan fingerprint density at radius 1 is 1.41 bits per heavy atom. The maximum atomic E-state index is 12.1. The minimum Gasteiger partial charge on any atom is -0.465 e. The fourth-order valence-electron chi connectivity index (χ4n) is 2.07. The number of carboxylic acid groups (broad SMARTS) is 1. The van der Waals surface area contributed by atoms with Crippen LogP contribution >= 0.6 is 0 Å². The van der Waals surface area contributed by atoms with Gasteiger partial charge in [-0.1, -0.05) is 20.8 Å². The first kappa shape index (κ1) is 18.0. The number of likely N-dealkylation sites (tertiary alicyclic amines) is 1. The summed E-state index contributed by atoms with van der Waals surface area (Å²) in [6.45, 7) is 6.25. The monoisotopic (exact) mass is 312 g/mol. The molecule has 2 amide bonds. The molecule has 1 aliphatic heterocycles. The van der Waals surface area contributed by atoms with Gasteiger partial charge in [0.25, 0.3) is 5.91 Å². The largest absolute Gasteiger partial charge is 0.465 e. The van der Waals surface area contributed by atoms with Gasteiger partial charge in [-0.2, -0.15) is 0 Å². The van der Waals surface area contributed by atoms with Gasteiger partial charge >= 0.3 is 12.1 Å². The molecule has 0 bridgehead atoms. The number of esters is 1. The number of hydrogen-bond donors (Lipinski definition) is 1. The summed E-state index contributed by atoms with van der Waals surface area (Å²) in [5, 5.41) is 9.17. The van der Waals surface area contributed by atoms with Crippen LogP contribution < -0.4 is 0 Å². The Labute approximate surface area is 130 Å². The summed E-state index contributed by atoms with van der Waals surface area (Å²) in [6, 6.07) is -1.10. The second-order valence-corrected chi connectivity index (χ2v) is 6.77. The van der Waals surface area contributed by atoms with Gasteiger partial charge in [-0.05, 0) is 11.8 Å². The molecule has 0 aromatic heterocycles. The van der Waals surface area contributed by atoms with Gasteiger partial charge in [0.15, 0.2) is 0 Å². The SMILES string of the molecule is CN(C)/C=C1\C[C@H](C(=O)OCCC(C)(C)C)N(C(=O)O)C1=O. The summed E-state index contributed by atoms with van der Waals surface area (Å²) in [7, 11) is 3.45. The molecular formula is C15H24N2O5.